The highest BCUT2D eigenvalue weighted by Gasteiger charge is 2.31. The lowest BCUT2D eigenvalue weighted by molar-refractivity contribution is -0.137. The van der Waals surface area contributed by atoms with E-state index >= 15 is 0 Å². The summed E-state index contributed by atoms with van der Waals surface area (Å²) in [6.45, 7) is 3.75. The Labute approximate surface area is 182 Å². The van der Waals surface area contributed by atoms with Crippen LogP contribution < -0.4 is 10.6 Å². The molecule has 0 aliphatic heterocycles. The molecule has 2 heterocycles. The van der Waals surface area contributed by atoms with E-state index in [2.05, 4.69) is 20.7 Å². The van der Waals surface area contributed by atoms with E-state index in [1.54, 1.807) is 0 Å². The van der Waals surface area contributed by atoms with Crippen LogP contribution in [0.3, 0.4) is 0 Å². The minimum atomic E-state index is -4.50. The van der Waals surface area contributed by atoms with Crippen LogP contribution in [0.2, 0.25) is 0 Å². The number of carbonyl (C=O) groups excluding carboxylic acids is 2. The molecular formula is C22H22F3N5O2. The molecule has 0 aliphatic rings. The predicted octanol–water partition coefficient (Wildman–Crippen LogP) is 3.46. The van der Waals surface area contributed by atoms with Gasteiger partial charge in [-0.2, -0.15) is 18.3 Å². The zero-order valence-corrected chi connectivity index (χ0v) is 17.5. The molecule has 0 saturated heterocycles. The number of carbonyl (C=O) groups is 2. The SMILES string of the molecule is CC(C)c1c(C(=O)NCC(=O)NCc2ccccc2)cnn1-c1ccc(C(F)(F)F)cn1. The van der Waals surface area contributed by atoms with Crippen molar-refractivity contribution in [1.82, 2.24) is 25.4 Å². The maximum atomic E-state index is 12.8. The van der Waals surface area contributed by atoms with Crippen molar-refractivity contribution in [2.45, 2.75) is 32.5 Å². The Balaban J connectivity index is 1.69. The van der Waals surface area contributed by atoms with Crippen molar-refractivity contribution in [2.24, 2.45) is 0 Å². The molecule has 1 aromatic carbocycles. The van der Waals surface area contributed by atoms with Crippen molar-refractivity contribution in [3.8, 4) is 5.82 Å². The number of nitrogens with zero attached hydrogens (tertiary/aromatic N) is 3. The van der Waals surface area contributed by atoms with Gasteiger partial charge in [0.05, 0.1) is 29.6 Å². The first kappa shape index (κ1) is 23.0. The Hall–Kier alpha value is -3.69. The van der Waals surface area contributed by atoms with Gasteiger partial charge in [0.1, 0.15) is 0 Å². The minimum absolute atomic E-state index is 0.154. The smallest absolute Gasteiger partial charge is 0.350 e. The number of nitrogens with one attached hydrogen (secondary N) is 2. The molecule has 2 amide bonds. The number of hydrogen-bond donors (Lipinski definition) is 2. The fourth-order valence-electron chi connectivity index (χ4n) is 3.06. The predicted molar refractivity (Wildman–Crippen MR) is 111 cm³/mol. The fraction of sp³-hybridized carbons (Fsp3) is 0.273. The molecule has 168 valence electrons. The summed E-state index contributed by atoms with van der Waals surface area (Å²) in [5, 5.41) is 9.40. The van der Waals surface area contributed by atoms with Crippen LogP contribution in [0.1, 0.15) is 46.9 Å². The van der Waals surface area contributed by atoms with Crippen molar-refractivity contribution in [3.05, 3.63) is 77.2 Å². The van der Waals surface area contributed by atoms with E-state index in [9.17, 15) is 22.8 Å². The fourth-order valence-corrected chi connectivity index (χ4v) is 3.06. The van der Waals surface area contributed by atoms with Crippen LogP contribution in [0.25, 0.3) is 5.82 Å². The largest absolute Gasteiger partial charge is 0.417 e. The van der Waals surface area contributed by atoms with Gasteiger partial charge in [0.25, 0.3) is 5.91 Å². The number of alkyl halides is 3. The Morgan fingerprint density at radius 1 is 1.03 bits per heavy atom. The summed E-state index contributed by atoms with van der Waals surface area (Å²) < 4.78 is 39.7. The van der Waals surface area contributed by atoms with Crippen LogP contribution in [0.5, 0.6) is 0 Å². The summed E-state index contributed by atoms with van der Waals surface area (Å²) >= 11 is 0. The number of amides is 2. The van der Waals surface area contributed by atoms with Gasteiger partial charge in [0, 0.05) is 12.7 Å². The quantitative estimate of drug-likeness (QED) is 0.583. The van der Waals surface area contributed by atoms with Gasteiger partial charge in [0.2, 0.25) is 5.91 Å². The second-order valence-electron chi connectivity index (χ2n) is 7.36. The molecule has 3 aromatic rings. The second-order valence-corrected chi connectivity index (χ2v) is 7.36. The monoisotopic (exact) mass is 445 g/mol. The van der Waals surface area contributed by atoms with Gasteiger partial charge < -0.3 is 10.6 Å². The number of hydrogen-bond acceptors (Lipinski definition) is 4. The Morgan fingerprint density at radius 2 is 1.75 bits per heavy atom. The van der Waals surface area contributed by atoms with E-state index in [-0.39, 0.29) is 29.8 Å². The van der Waals surface area contributed by atoms with Gasteiger partial charge in [-0.05, 0) is 23.6 Å². The number of pyridine rings is 1. The maximum Gasteiger partial charge on any atom is 0.417 e. The summed E-state index contributed by atoms with van der Waals surface area (Å²) in [5.41, 5.74) is 0.746. The van der Waals surface area contributed by atoms with Crippen molar-refractivity contribution in [2.75, 3.05) is 6.54 Å². The summed E-state index contributed by atoms with van der Waals surface area (Å²) in [5.74, 6) is -0.901. The molecule has 0 fully saturated rings. The molecule has 7 nitrogen and oxygen atoms in total. The standard InChI is InChI=1S/C22H22F3N5O2/c1-14(2)20-17(12-29-30(20)18-9-8-16(11-26-18)22(23,24)25)21(32)28-13-19(31)27-10-15-6-4-3-5-7-15/h3-9,11-12,14H,10,13H2,1-2H3,(H,27,31)(H,28,32). The number of benzene rings is 1. The van der Waals surface area contributed by atoms with Crippen LogP contribution in [0.15, 0.2) is 54.9 Å². The van der Waals surface area contributed by atoms with Crippen LogP contribution in [0, 0.1) is 0 Å². The van der Waals surface area contributed by atoms with Crippen LogP contribution in [0.4, 0.5) is 13.2 Å². The number of rotatable bonds is 7. The summed E-state index contributed by atoms with van der Waals surface area (Å²) in [6.07, 6.45) is -2.47. The highest BCUT2D eigenvalue weighted by Crippen LogP contribution is 2.29. The lowest BCUT2D eigenvalue weighted by Gasteiger charge is -2.13. The highest BCUT2D eigenvalue weighted by atomic mass is 19.4. The Morgan fingerprint density at radius 3 is 2.34 bits per heavy atom. The van der Waals surface area contributed by atoms with Crippen molar-refractivity contribution >= 4 is 11.8 Å². The summed E-state index contributed by atoms with van der Waals surface area (Å²) in [4.78, 5) is 28.6. The van der Waals surface area contributed by atoms with E-state index in [4.69, 9.17) is 0 Å². The lowest BCUT2D eigenvalue weighted by atomic mass is 10.1. The second kappa shape index (κ2) is 9.63. The van der Waals surface area contributed by atoms with Crippen molar-refractivity contribution in [1.29, 1.82) is 0 Å². The summed E-state index contributed by atoms with van der Waals surface area (Å²) in [6, 6.07) is 11.4. The number of halogens is 3. The summed E-state index contributed by atoms with van der Waals surface area (Å²) in [7, 11) is 0. The van der Waals surface area contributed by atoms with E-state index in [0.29, 0.717) is 12.2 Å². The molecule has 10 heteroatoms. The van der Waals surface area contributed by atoms with Gasteiger partial charge in [-0.1, -0.05) is 44.2 Å². The molecule has 2 aromatic heterocycles. The first-order valence-electron chi connectivity index (χ1n) is 9.87. The third-order valence-electron chi connectivity index (χ3n) is 4.63. The van der Waals surface area contributed by atoms with Crippen LogP contribution in [-0.2, 0) is 17.5 Å². The van der Waals surface area contributed by atoms with E-state index in [0.717, 1.165) is 17.8 Å². The molecule has 0 atom stereocenters. The molecule has 3 rings (SSSR count). The van der Waals surface area contributed by atoms with Crippen molar-refractivity contribution < 1.29 is 22.8 Å². The maximum absolute atomic E-state index is 12.8. The lowest BCUT2D eigenvalue weighted by Crippen LogP contribution is -2.36. The molecule has 0 unspecified atom stereocenters. The topological polar surface area (TPSA) is 88.9 Å². The van der Waals surface area contributed by atoms with Gasteiger partial charge in [-0.15, -0.1) is 0 Å². The Kier molecular flexibility index (Phi) is 6.92. The van der Waals surface area contributed by atoms with Gasteiger partial charge in [0.15, 0.2) is 5.82 Å². The highest BCUT2D eigenvalue weighted by molar-refractivity contribution is 5.97. The van der Waals surface area contributed by atoms with Gasteiger partial charge >= 0.3 is 6.18 Å². The van der Waals surface area contributed by atoms with E-state index in [1.807, 2.05) is 44.2 Å². The average Bonchev–Trinajstić information content (AvgIpc) is 3.22. The van der Waals surface area contributed by atoms with E-state index < -0.39 is 17.6 Å². The average molecular weight is 445 g/mol. The molecule has 0 bridgehead atoms. The molecule has 0 spiro atoms. The van der Waals surface area contributed by atoms with E-state index in [1.165, 1.54) is 16.9 Å². The molecule has 32 heavy (non-hydrogen) atoms. The first-order chi connectivity index (χ1) is 15.2. The van der Waals surface area contributed by atoms with Crippen LogP contribution in [-0.4, -0.2) is 33.1 Å². The Bertz CT molecular complexity index is 1080. The van der Waals surface area contributed by atoms with Crippen LogP contribution >= 0.6 is 0 Å². The van der Waals surface area contributed by atoms with Gasteiger partial charge in [-0.3, -0.25) is 9.59 Å². The molecule has 2 N–H and O–H groups in total. The van der Waals surface area contributed by atoms with Gasteiger partial charge in [-0.25, -0.2) is 9.67 Å². The third-order valence-corrected chi connectivity index (χ3v) is 4.63. The first-order valence-corrected chi connectivity index (χ1v) is 9.87. The third kappa shape index (κ3) is 5.51. The molecule has 0 aliphatic carbocycles. The molecule has 0 saturated carbocycles. The minimum Gasteiger partial charge on any atom is -0.350 e. The zero-order chi connectivity index (χ0) is 23.3. The zero-order valence-electron chi connectivity index (χ0n) is 17.5. The normalized spacial score (nSPS) is 11.4. The van der Waals surface area contributed by atoms with Crippen molar-refractivity contribution in [3.63, 3.8) is 0 Å². The number of aromatic nitrogens is 3. The molecule has 0 radical (unpaired) electrons. The molecular weight excluding hydrogens is 423 g/mol.